The molecule has 106 valence electrons. The van der Waals surface area contributed by atoms with Crippen molar-refractivity contribution < 1.29 is 4.79 Å². The minimum atomic E-state index is 0.328. The second-order valence-electron chi connectivity index (χ2n) is 6.00. The van der Waals surface area contributed by atoms with Gasteiger partial charge < -0.3 is 0 Å². The predicted octanol–water partition coefficient (Wildman–Crippen LogP) is 4.96. The number of benzene rings is 1. The van der Waals surface area contributed by atoms with Crippen molar-refractivity contribution in [1.29, 1.82) is 0 Å². The highest BCUT2D eigenvalue weighted by Crippen LogP contribution is 2.40. The normalized spacial score (nSPS) is 25.8. The molecular formula is C18H22OS. The number of carbonyl (C=O) groups is 1. The first-order valence-corrected chi connectivity index (χ1v) is 8.89. The molecule has 0 spiro atoms. The topological polar surface area (TPSA) is 17.1 Å². The van der Waals surface area contributed by atoms with Gasteiger partial charge in [0.15, 0.2) is 5.78 Å². The lowest BCUT2D eigenvalue weighted by molar-refractivity contribution is -0.119. The second kappa shape index (κ2) is 6.17. The molecule has 2 saturated carbocycles. The summed E-state index contributed by atoms with van der Waals surface area (Å²) in [7, 11) is 0. The van der Waals surface area contributed by atoms with E-state index in [-0.39, 0.29) is 0 Å². The third-order valence-corrected chi connectivity index (χ3v) is 5.55. The molecule has 1 aromatic carbocycles. The van der Waals surface area contributed by atoms with E-state index in [1.54, 1.807) is 11.8 Å². The molecule has 20 heavy (non-hydrogen) atoms. The number of carbonyl (C=O) groups excluding carboxylic acids is 1. The second-order valence-corrected chi connectivity index (χ2v) is 6.88. The van der Waals surface area contributed by atoms with Crippen LogP contribution in [0.25, 0.3) is 6.08 Å². The van der Waals surface area contributed by atoms with Crippen LogP contribution in [0.1, 0.15) is 44.1 Å². The summed E-state index contributed by atoms with van der Waals surface area (Å²) in [5.74, 6) is 1.44. The lowest BCUT2D eigenvalue weighted by Gasteiger charge is -2.15. The van der Waals surface area contributed by atoms with Crippen LogP contribution < -0.4 is 0 Å². The molecular weight excluding hydrogens is 264 g/mol. The average Bonchev–Trinajstić information content (AvgIpc) is 3.11. The van der Waals surface area contributed by atoms with Crippen LogP contribution in [0, 0.1) is 11.8 Å². The van der Waals surface area contributed by atoms with Crippen LogP contribution in [0.4, 0.5) is 0 Å². The smallest absolute Gasteiger partial charge is 0.162 e. The average molecular weight is 286 g/mol. The molecule has 0 unspecified atom stereocenters. The van der Waals surface area contributed by atoms with Crippen molar-refractivity contribution in [2.45, 2.75) is 43.4 Å². The van der Waals surface area contributed by atoms with E-state index in [2.05, 4.69) is 36.6 Å². The molecule has 0 bridgehead atoms. The van der Waals surface area contributed by atoms with Crippen LogP contribution in [0.2, 0.25) is 0 Å². The van der Waals surface area contributed by atoms with Gasteiger partial charge in [0, 0.05) is 10.8 Å². The lowest BCUT2D eigenvalue weighted by Crippen LogP contribution is -2.16. The van der Waals surface area contributed by atoms with Gasteiger partial charge in [-0.3, -0.25) is 4.79 Å². The van der Waals surface area contributed by atoms with Gasteiger partial charge in [-0.1, -0.05) is 25.0 Å². The molecule has 0 heterocycles. The molecule has 1 atom stereocenters. The van der Waals surface area contributed by atoms with Crippen molar-refractivity contribution in [1.82, 2.24) is 0 Å². The number of Topliss-reactive ketones (excluding diaryl/α,β-unsaturated/α-hetero) is 1. The van der Waals surface area contributed by atoms with Crippen molar-refractivity contribution in [2.24, 2.45) is 11.8 Å². The van der Waals surface area contributed by atoms with Crippen LogP contribution >= 0.6 is 11.8 Å². The molecule has 0 N–H and O–H groups in total. The fourth-order valence-electron chi connectivity index (χ4n) is 3.66. The Morgan fingerprint density at radius 2 is 1.80 bits per heavy atom. The molecule has 2 aliphatic carbocycles. The van der Waals surface area contributed by atoms with E-state index in [1.807, 2.05) is 0 Å². The van der Waals surface area contributed by atoms with E-state index < -0.39 is 0 Å². The SMILES string of the molecule is CSc1ccc(/C=C2\CC[C@H](C3CCCC3)C2=O)cc1. The van der Waals surface area contributed by atoms with E-state index >= 15 is 0 Å². The summed E-state index contributed by atoms with van der Waals surface area (Å²) in [6, 6.07) is 8.50. The Balaban J connectivity index is 1.73. The summed E-state index contributed by atoms with van der Waals surface area (Å²) in [5.41, 5.74) is 2.22. The zero-order valence-electron chi connectivity index (χ0n) is 12.1. The number of rotatable bonds is 3. The molecule has 2 fully saturated rings. The Hall–Kier alpha value is -1.02. The van der Waals surface area contributed by atoms with E-state index in [0.717, 1.165) is 18.4 Å². The van der Waals surface area contributed by atoms with Gasteiger partial charge in [0.05, 0.1) is 0 Å². The van der Waals surface area contributed by atoms with Crippen LogP contribution in [-0.4, -0.2) is 12.0 Å². The predicted molar refractivity (Wildman–Crippen MR) is 85.9 cm³/mol. The molecule has 0 radical (unpaired) electrons. The molecule has 1 aromatic rings. The molecule has 0 amide bonds. The minimum absolute atomic E-state index is 0.328. The maximum absolute atomic E-state index is 12.5. The van der Waals surface area contributed by atoms with Crippen LogP contribution in [0.15, 0.2) is 34.7 Å². The molecule has 2 aliphatic rings. The molecule has 0 aliphatic heterocycles. The molecule has 1 nitrogen and oxygen atoms in total. The van der Waals surface area contributed by atoms with E-state index in [0.29, 0.717) is 17.6 Å². The van der Waals surface area contributed by atoms with Crippen molar-refractivity contribution >= 4 is 23.6 Å². The molecule has 2 heteroatoms. The van der Waals surface area contributed by atoms with Gasteiger partial charge in [-0.2, -0.15) is 0 Å². The molecule has 3 rings (SSSR count). The fraction of sp³-hybridized carbons (Fsp3) is 0.500. The molecule has 0 aromatic heterocycles. The summed E-state index contributed by atoms with van der Waals surface area (Å²) < 4.78 is 0. The maximum Gasteiger partial charge on any atom is 0.162 e. The Kier molecular flexibility index (Phi) is 4.30. The molecule has 0 saturated heterocycles. The van der Waals surface area contributed by atoms with Gasteiger partial charge in [-0.05, 0) is 67.2 Å². The van der Waals surface area contributed by atoms with Crippen molar-refractivity contribution in [2.75, 3.05) is 6.26 Å². The number of thioether (sulfide) groups is 1. The van der Waals surface area contributed by atoms with E-state index in [9.17, 15) is 4.79 Å². The van der Waals surface area contributed by atoms with Gasteiger partial charge in [0.2, 0.25) is 0 Å². The van der Waals surface area contributed by atoms with E-state index in [1.165, 1.54) is 36.1 Å². The largest absolute Gasteiger partial charge is 0.294 e. The van der Waals surface area contributed by atoms with Crippen molar-refractivity contribution in [3.05, 3.63) is 35.4 Å². The quantitative estimate of drug-likeness (QED) is 0.577. The summed E-state index contributed by atoms with van der Waals surface area (Å²) in [4.78, 5) is 13.8. The summed E-state index contributed by atoms with van der Waals surface area (Å²) in [6.45, 7) is 0. The standard InChI is InChI=1S/C18H22OS/c1-20-16-9-6-13(7-10-16)12-15-8-11-17(18(15)19)14-4-2-3-5-14/h6-7,9-10,12,14,17H,2-5,8,11H2,1H3/b15-12+/t17-/m1/s1. The van der Waals surface area contributed by atoms with Crippen molar-refractivity contribution in [3.8, 4) is 0 Å². The Labute approximate surface area is 125 Å². The first kappa shape index (κ1) is 13.9. The number of allylic oxidation sites excluding steroid dienone is 1. The van der Waals surface area contributed by atoms with Gasteiger partial charge in [0.25, 0.3) is 0 Å². The van der Waals surface area contributed by atoms with Crippen molar-refractivity contribution in [3.63, 3.8) is 0 Å². The highest BCUT2D eigenvalue weighted by molar-refractivity contribution is 7.98. The fourth-order valence-corrected chi connectivity index (χ4v) is 4.07. The first-order valence-electron chi connectivity index (χ1n) is 7.67. The van der Waals surface area contributed by atoms with Gasteiger partial charge in [-0.15, -0.1) is 11.8 Å². The Morgan fingerprint density at radius 3 is 2.45 bits per heavy atom. The van der Waals surface area contributed by atoms with Gasteiger partial charge in [0.1, 0.15) is 0 Å². The number of hydrogen-bond donors (Lipinski definition) is 0. The number of hydrogen-bond acceptors (Lipinski definition) is 2. The third-order valence-electron chi connectivity index (χ3n) is 4.80. The van der Waals surface area contributed by atoms with Gasteiger partial charge in [-0.25, -0.2) is 0 Å². The highest BCUT2D eigenvalue weighted by Gasteiger charge is 2.36. The van der Waals surface area contributed by atoms with Crippen LogP contribution in [0.5, 0.6) is 0 Å². The minimum Gasteiger partial charge on any atom is -0.294 e. The van der Waals surface area contributed by atoms with Crippen LogP contribution in [-0.2, 0) is 4.79 Å². The monoisotopic (exact) mass is 286 g/mol. The lowest BCUT2D eigenvalue weighted by atomic mass is 9.88. The zero-order chi connectivity index (χ0) is 13.9. The maximum atomic E-state index is 12.5. The van der Waals surface area contributed by atoms with E-state index in [4.69, 9.17) is 0 Å². The van der Waals surface area contributed by atoms with Gasteiger partial charge >= 0.3 is 0 Å². The van der Waals surface area contributed by atoms with Crippen LogP contribution in [0.3, 0.4) is 0 Å². The number of ketones is 1. The third kappa shape index (κ3) is 2.85. The Bertz CT molecular complexity index is 509. The first-order chi connectivity index (χ1) is 9.78. The summed E-state index contributed by atoms with van der Waals surface area (Å²) in [6.07, 6.45) is 11.4. The zero-order valence-corrected chi connectivity index (χ0v) is 12.9. The highest BCUT2D eigenvalue weighted by atomic mass is 32.2. The summed E-state index contributed by atoms with van der Waals surface area (Å²) in [5, 5.41) is 0. The summed E-state index contributed by atoms with van der Waals surface area (Å²) >= 11 is 1.75. The Morgan fingerprint density at radius 1 is 1.10 bits per heavy atom.